The van der Waals surface area contributed by atoms with E-state index in [4.69, 9.17) is 16.9 Å². The first-order chi connectivity index (χ1) is 19.2. The van der Waals surface area contributed by atoms with Crippen molar-refractivity contribution in [3.05, 3.63) is 0 Å². The van der Waals surface area contributed by atoms with Crippen LogP contribution in [0.3, 0.4) is 0 Å². The maximum absolute atomic E-state index is 11.5. The minimum absolute atomic E-state index is 0.0862. The molecule has 7 atom stereocenters. The normalized spacial score (nSPS) is 28.6. The van der Waals surface area contributed by atoms with Gasteiger partial charge in [-0.05, 0) is 32.1 Å². The second-order valence-electron chi connectivity index (χ2n) is 9.79. The van der Waals surface area contributed by atoms with E-state index in [1.807, 2.05) is 23.5 Å². The molecular weight excluding hydrogens is 568 g/mol. The van der Waals surface area contributed by atoms with E-state index in [-0.39, 0.29) is 48.7 Å². The Bertz CT molecular complexity index is 918. The van der Waals surface area contributed by atoms with Crippen LogP contribution in [0.25, 0.3) is 0 Å². The topological polar surface area (TPSA) is 248 Å². The first-order valence-corrected chi connectivity index (χ1v) is 15.2. The number of carbonyl (C=O) groups is 5. The van der Waals surface area contributed by atoms with Crippen LogP contribution < -0.4 is 43.9 Å². The van der Waals surface area contributed by atoms with Crippen LogP contribution in [0, 0.1) is 0 Å². The summed E-state index contributed by atoms with van der Waals surface area (Å²) >= 11 is 3.66. The zero-order valence-electron chi connectivity index (χ0n) is 21.9. The molecule has 0 aromatic heterocycles. The van der Waals surface area contributed by atoms with Gasteiger partial charge in [0.1, 0.15) is 6.61 Å². The van der Waals surface area contributed by atoms with Crippen molar-refractivity contribution in [1.82, 2.24) is 32.1 Å². The summed E-state index contributed by atoms with van der Waals surface area (Å²) < 4.78 is 0. The Balaban J connectivity index is 0.000000225. The number of fused-ring (bicyclic) bond motifs is 2. The summed E-state index contributed by atoms with van der Waals surface area (Å²) in [6.07, 6.45) is 3.92. The molecule has 0 saturated carbocycles. The Morgan fingerprint density at radius 2 is 1.43 bits per heavy atom. The van der Waals surface area contributed by atoms with E-state index in [9.17, 15) is 24.0 Å². The molecule has 226 valence electrons. The average molecular weight is 607 g/mol. The number of urea groups is 2. The monoisotopic (exact) mass is 606 g/mol. The third-order valence-corrected chi connectivity index (χ3v) is 9.99. The van der Waals surface area contributed by atoms with Crippen LogP contribution in [0.1, 0.15) is 44.9 Å². The van der Waals surface area contributed by atoms with Crippen molar-refractivity contribution in [3.8, 4) is 0 Å². The Morgan fingerprint density at radius 3 is 1.95 bits per heavy atom. The highest BCUT2D eigenvalue weighted by molar-refractivity contribution is 8.00. The number of hydrogen-bond acceptors (Lipinski definition) is 11. The van der Waals surface area contributed by atoms with Gasteiger partial charge in [-0.15, -0.1) is 0 Å². The Hall–Kier alpha value is -2.51. The molecule has 4 aliphatic heterocycles. The first kappa shape index (κ1) is 32.0. The molecule has 0 aromatic rings. The van der Waals surface area contributed by atoms with Crippen LogP contribution in [-0.4, -0.2) is 93.8 Å². The molecule has 0 spiro atoms. The smallest absolute Gasteiger partial charge is 0.334 e. The van der Waals surface area contributed by atoms with Gasteiger partial charge in [0.15, 0.2) is 6.10 Å². The van der Waals surface area contributed by atoms with Gasteiger partial charge < -0.3 is 26.4 Å². The number of carboxylic acid groups (broad SMARTS) is 1. The van der Waals surface area contributed by atoms with Crippen LogP contribution in [0.2, 0.25) is 0 Å². The van der Waals surface area contributed by atoms with Crippen LogP contribution in [-0.2, 0) is 24.1 Å². The highest BCUT2D eigenvalue weighted by atomic mass is 32.2. The van der Waals surface area contributed by atoms with Gasteiger partial charge in [0.2, 0.25) is 5.91 Å². The van der Waals surface area contributed by atoms with Gasteiger partial charge in [0.05, 0.1) is 24.2 Å². The van der Waals surface area contributed by atoms with Crippen molar-refractivity contribution < 1.29 is 38.8 Å². The average Bonchev–Trinajstić information content (AvgIpc) is 3.66. The summed E-state index contributed by atoms with van der Waals surface area (Å²) in [6.45, 7) is -0.304. The molecule has 4 rings (SSSR count). The van der Waals surface area contributed by atoms with E-state index in [1.165, 1.54) is 0 Å². The molecule has 0 bridgehead atoms. The van der Waals surface area contributed by atoms with Gasteiger partial charge in [-0.2, -0.15) is 23.5 Å². The van der Waals surface area contributed by atoms with Gasteiger partial charge in [-0.1, -0.05) is 6.42 Å². The second kappa shape index (κ2) is 16.1. The lowest BCUT2D eigenvalue weighted by Crippen LogP contribution is -2.43. The fourth-order valence-corrected chi connectivity index (χ4v) is 8.07. The fourth-order valence-electron chi connectivity index (χ4n) is 4.98. The molecule has 18 heteroatoms. The van der Waals surface area contributed by atoms with E-state index in [2.05, 4.69) is 41.8 Å². The lowest BCUT2D eigenvalue weighted by atomic mass is 10.0. The van der Waals surface area contributed by atoms with E-state index in [0.717, 1.165) is 37.2 Å². The molecule has 0 radical (unpaired) electrons. The van der Waals surface area contributed by atoms with Crippen molar-refractivity contribution >= 4 is 53.4 Å². The van der Waals surface area contributed by atoms with E-state index in [1.54, 1.807) is 0 Å². The van der Waals surface area contributed by atoms with Crippen molar-refractivity contribution in [2.45, 2.75) is 85.7 Å². The lowest BCUT2D eigenvalue weighted by molar-refractivity contribution is -0.151. The Labute approximate surface area is 239 Å². The molecular formula is C22H38N8O8S2. The summed E-state index contributed by atoms with van der Waals surface area (Å²) in [5, 5.41) is 21.1. The number of aliphatic carboxylic acids is 1. The second-order valence-corrected chi connectivity index (χ2v) is 12.3. The predicted molar refractivity (Wildman–Crippen MR) is 146 cm³/mol. The summed E-state index contributed by atoms with van der Waals surface area (Å²) in [7, 11) is 0. The molecule has 4 heterocycles. The predicted octanol–water partition coefficient (Wildman–Crippen LogP) is -1.58. The molecule has 6 amide bonds. The van der Waals surface area contributed by atoms with Gasteiger partial charge in [-0.3, -0.25) is 30.1 Å². The van der Waals surface area contributed by atoms with Gasteiger partial charge in [0.25, 0.3) is 5.91 Å². The summed E-state index contributed by atoms with van der Waals surface area (Å²) in [5.41, 5.74) is 4.49. The molecule has 0 aromatic carbocycles. The molecule has 1 unspecified atom stereocenters. The number of hydrogen-bond donors (Lipinski definition) is 9. The number of unbranched alkanes of at least 4 members (excludes halogenated alkanes) is 1. The largest absolute Gasteiger partial charge is 0.479 e. The highest BCUT2D eigenvalue weighted by Crippen LogP contribution is 2.34. The minimum Gasteiger partial charge on any atom is -0.479 e. The molecule has 16 nitrogen and oxygen atoms in total. The number of hydrazine groups is 1. The van der Waals surface area contributed by atoms with E-state index in [0.29, 0.717) is 29.8 Å². The van der Waals surface area contributed by atoms with E-state index >= 15 is 0 Å². The number of amides is 6. The number of carboxylic acids is 1. The number of carbonyl (C=O) groups excluding carboxylic acids is 4. The standard InChI is InChI=1S/C12H21N5O4S.C10H17N3O4S/c13-21-5-10(19)17-16-9(18)4-2-1-3-8-11-7(6-22-8)14-12(20)15-11;11-17-6(9(14)15)2-1-3-7-8-5(4-18-7)12-10(16)13-8/h7-8,11H,1-6,13H2,(H,16,18)(H,17,19)(H2,14,15,20);5-8H,1-4,11H2,(H,14,15)(H2,12,13,16)/t7-,8-,11-;5-,6?,7-,8-/m00/s1. The van der Waals surface area contributed by atoms with Gasteiger partial charge in [-0.25, -0.2) is 26.2 Å². The van der Waals surface area contributed by atoms with Crippen LogP contribution in [0.5, 0.6) is 0 Å². The van der Waals surface area contributed by atoms with Gasteiger partial charge in [0, 0.05) is 28.4 Å². The zero-order valence-corrected chi connectivity index (χ0v) is 23.5. The minimum atomic E-state index is -1.04. The van der Waals surface area contributed by atoms with Crippen LogP contribution in [0.15, 0.2) is 0 Å². The number of nitrogens with one attached hydrogen (secondary N) is 6. The summed E-state index contributed by atoms with van der Waals surface area (Å²) in [5.74, 6) is 9.70. The van der Waals surface area contributed by atoms with Crippen LogP contribution in [0.4, 0.5) is 9.59 Å². The molecule has 4 saturated heterocycles. The molecule has 40 heavy (non-hydrogen) atoms. The van der Waals surface area contributed by atoms with E-state index < -0.39 is 18.0 Å². The highest BCUT2D eigenvalue weighted by Gasteiger charge is 2.43. The van der Waals surface area contributed by atoms with Gasteiger partial charge >= 0.3 is 18.0 Å². The Kier molecular flexibility index (Phi) is 12.9. The quantitative estimate of drug-likeness (QED) is 0.0654. The maximum atomic E-state index is 11.5. The van der Waals surface area contributed by atoms with Crippen molar-refractivity contribution in [2.24, 2.45) is 11.8 Å². The fraction of sp³-hybridized carbons (Fsp3) is 0.773. The van der Waals surface area contributed by atoms with Crippen molar-refractivity contribution in [2.75, 3.05) is 18.1 Å². The van der Waals surface area contributed by atoms with Crippen LogP contribution >= 0.6 is 23.5 Å². The van der Waals surface area contributed by atoms with Crippen molar-refractivity contribution in [1.29, 1.82) is 0 Å². The lowest BCUT2D eigenvalue weighted by Gasteiger charge is -2.17. The first-order valence-electron chi connectivity index (χ1n) is 13.1. The number of nitrogens with two attached hydrogens (primary N) is 2. The Morgan fingerprint density at radius 1 is 0.875 bits per heavy atom. The molecule has 11 N–H and O–H groups in total. The molecule has 4 fully saturated rings. The SMILES string of the molecule is NOC(CCC[C@@H]1SC[C@@H]2NC(=O)N[C@@H]21)C(=O)O.NOCC(=O)NNC(=O)CCCC[C@@H]1SC[C@@H]2NC(=O)N[C@@H]21. The summed E-state index contributed by atoms with van der Waals surface area (Å²) in [4.78, 5) is 64.2. The number of thioether (sulfide) groups is 2. The molecule has 0 aliphatic carbocycles. The van der Waals surface area contributed by atoms with Crippen molar-refractivity contribution in [3.63, 3.8) is 0 Å². The number of rotatable bonds is 13. The zero-order chi connectivity index (χ0) is 29.1. The maximum Gasteiger partial charge on any atom is 0.334 e. The molecule has 4 aliphatic rings. The third-order valence-electron chi connectivity index (χ3n) is 6.97. The third kappa shape index (κ3) is 9.55. The summed E-state index contributed by atoms with van der Waals surface area (Å²) in [6, 6.07) is 0.589.